The standard InChI is InChI=1S/C18H29F2N5O2S/c1-3-21-18(22-10-6-11-23-28(26,27)4-2)24-14-9-12-25(13-14)17-15(19)7-5-8-16(17)20/h5,7-8,14,23H,3-4,6,9-13H2,1-2H3,(H2,21,22,24). The first-order valence-electron chi connectivity index (χ1n) is 9.57. The molecule has 3 N–H and O–H groups in total. The summed E-state index contributed by atoms with van der Waals surface area (Å²) in [6.07, 6.45) is 1.31. The van der Waals surface area contributed by atoms with Gasteiger partial charge in [-0.2, -0.15) is 0 Å². The fraction of sp³-hybridized carbons (Fsp3) is 0.611. The molecule has 2 rings (SSSR count). The Labute approximate surface area is 165 Å². The molecule has 158 valence electrons. The van der Waals surface area contributed by atoms with Gasteiger partial charge in [-0.25, -0.2) is 21.9 Å². The van der Waals surface area contributed by atoms with Gasteiger partial charge in [-0.3, -0.25) is 4.99 Å². The largest absolute Gasteiger partial charge is 0.365 e. The van der Waals surface area contributed by atoms with Crippen LogP contribution in [0.3, 0.4) is 0 Å². The summed E-state index contributed by atoms with van der Waals surface area (Å²) in [7, 11) is -3.19. The first-order chi connectivity index (χ1) is 13.4. The Balaban J connectivity index is 1.87. The molecule has 0 aliphatic carbocycles. The number of rotatable bonds is 9. The molecule has 0 amide bonds. The molecule has 0 spiro atoms. The van der Waals surface area contributed by atoms with Crippen LogP contribution in [0.5, 0.6) is 0 Å². The highest BCUT2D eigenvalue weighted by Gasteiger charge is 2.27. The molecule has 1 heterocycles. The molecular weight excluding hydrogens is 388 g/mol. The highest BCUT2D eigenvalue weighted by Crippen LogP contribution is 2.26. The van der Waals surface area contributed by atoms with E-state index in [2.05, 4.69) is 20.3 Å². The molecular formula is C18H29F2N5O2S. The van der Waals surface area contributed by atoms with Crippen molar-refractivity contribution < 1.29 is 17.2 Å². The number of nitrogens with one attached hydrogen (secondary N) is 3. The number of sulfonamides is 1. The molecule has 1 aliphatic heterocycles. The Bertz CT molecular complexity index is 753. The van der Waals surface area contributed by atoms with Crippen LogP contribution < -0.4 is 20.3 Å². The third kappa shape index (κ3) is 6.59. The van der Waals surface area contributed by atoms with E-state index in [1.807, 2.05) is 6.92 Å². The van der Waals surface area contributed by atoms with E-state index in [1.165, 1.54) is 18.2 Å². The number of halogens is 2. The van der Waals surface area contributed by atoms with Crippen LogP contribution in [0.15, 0.2) is 23.2 Å². The molecule has 1 atom stereocenters. The van der Waals surface area contributed by atoms with Gasteiger partial charge in [0.1, 0.15) is 17.3 Å². The molecule has 1 aliphatic rings. The van der Waals surface area contributed by atoms with E-state index in [0.717, 1.165) is 6.42 Å². The van der Waals surface area contributed by atoms with Crippen LogP contribution >= 0.6 is 0 Å². The van der Waals surface area contributed by atoms with Crippen LogP contribution in [0.1, 0.15) is 26.7 Å². The van der Waals surface area contributed by atoms with Crippen LogP contribution in [0.25, 0.3) is 0 Å². The van der Waals surface area contributed by atoms with Crippen LogP contribution in [0.4, 0.5) is 14.5 Å². The third-order valence-electron chi connectivity index (χ3n) is 4.43. The van der Waals surface area contributed by atoms with Crippen molar-refractivity contribution in [2.24, 2.45) is 4.99 Å². The topological polar surface area (TPSA) is 85.8 Å². The van der Waals surface area contributed by atoms with Gasteiger partial charge in [0.25, 0.3) is 0 Å². The SMILES string of the molecule is CCNC(=NCCCNS(=O)(=O)CC)NC1CCN(c2c(F)cccc2F)C1. The predicted molar refractivity (Wildman–Crippen MR) is 108 cm³/mol. The lowest BCUT2D eigenvalue weighted by Gasteiger charge is -2.21. The predicted octanol–water partition coefficient (Wildman–Crippen LogP) is 1.43. The van der Waals surface area contributed by atoms with Gasteiger partial charge in [0, 0.05) is 38.8 Å². The van der Waals surface area contributed by atoms with E-state index >= 15 is 0 Å². The number of nitrogens with zero attached hydrogens (tertiary/aromatic N) is 2. The molecule has 0 radical (unpaired) electrons. The lowest BCUT2D eigenvalue weighted by Crippen LogP contribution is -2.44. The minimum absolute atomic E-state index is 0.00963. The second-order valence-electron chi connectivity index (χ2n) is 6.56. The van der Waals surface area contributed by atoms with Crippen molar-refractivity contribution in [3.63, 3.8) is 0 Å². The van der Waals surface area contributed by atoms with Crippen molar-refractivity contribution in [2.45, 2.75) is 32.7 Å². The van der Waals surface area contributed by atoms with E-state index in [-0.39, 0.29) is 17.5 Å². The average molecular weight is 418 g/mol. The molecule has 1 aromatic carbocycles. The number of guanidine groups is 1. The highest BCUT2D eigenvalue weighted by atomic mass is 32.2. The van der Waals surface area contributed by atoms with E-state index < -0.39 is 21.7 Å². The smallest absolute Gasteiger partial charge is 0.211 e. The molecule has 0 saturated carbocycles. The minimum Gasteiger partial charge on any atom is -0.365 e. The number of anilines is 1. The zero-order valence-corrected chi connectivity index (χ0v) is 17.2. The molecule has 10 heteroatoms. The summed E-state index contributed by atoms with van der Waals surface area (Å²) in [4.78, 5) is 6.15. The lowest BCUT2D eigenvalue weighted by atomic mass is 10.2. The number of aliphatic imine (C=N–C) groups is 1. The molecule has 28 heavy (non-hydrogen) atoms. The summed E-state index contributed by atoms with van der Waals surface area (Å²) in [5.74, 6) is -0.449. The minimum atomic E-state index is -3.19. The number of para-hydroxylation sites is 1. The van der Waals surface area contributed by atoms with Crippen molar-refractivity contribution in [1.29, 1.82) is 0 Å². The monoisotopic (exact) mass is 417 g/mol. The maximum atomic E-state index is 14.0. The van der Waals surface area contributed by atoms with Crippen molar-refractivity contribution >= 4 is 21.7 Å². The van der Waals surface area contributed by atoms with Gasteiger partial charge in [-0.05, 0) is 38.8 Å². The van der Waals surface area contributed by atoms with E-state index in [0.29, 0.717) is 45.1 Å². The maximum Gasteiger partial charge on any atom is 0.211 e. The summed E-state index contributed by atoms with van der Waals surface area (Å²) < 4.78 is 53.2. The van der Waals surface area contributed by atoms with Gasteiger partial charge in [0.05, 0.1) is 5.75 Å². The maximum absolute atomic E-state index is 14.0. The summed E-state index contributed by atoms with van der Waals surface area (Å²) in [6.45, 7) is 6.02. The average Bonchev–Trinajstić information content (AvgIpc) is 3.09. The highest BCUT2D eigenvalue weighted by molar-refractivity contribution is 7.89. The number of hydrogen-bond donors (Lipinski definition) is 3. The summed E-state index contributed by atoms with van der Waals surface area (Å²) in [6, 6.07) is 3.89. The van der Waals surface area contributed by atoms with Crippen molar-refractivity contribution in [3.05, 3.63) is 29.8 Å². The van der Waals surface area contributed by atoms with Gasteiger partial charge in [0.15, 0.2) is 5.96 Å². The van der Waals surface area contributed by atoms with Crippen LogP contribution in [0.2, 0.25) is 0 Å². The second-order valence-corrected chi connectivity index (χ2v) is 8.65. The molecule has 0 aromatic heterocycles. The van der Waals surface area contributed by atoms with Crippen molar-refractivity contribution in [2.75, 3.05) is 43.4 Å². The Morgan fingerprint density at radius 1 is 1.29 bits per heavy atom. The Morgan fingerprint density at radius 2 is 2.00 bits per heavy atom. The summed E-state index contributed by atoms with van der Waals surface area (Å²) >= 11 is 0. The zero-order valence-electron chi connectivity index (χ0n) is 16.3. The van der Waals surface area contributed by atoms with Gasteiger partial charge in [-0.15, -0.1) is 0 Å². The van der Waals surface area contributed by atoms with Crippen molar-refractivity contribution in [3.8, 4) is 0 Å². The number of benzene rings is 1. The van der Waals surface area contributed by atoms with Gasteiger partial charge in [-0.1, -0.05) is 6.07 Å². The van der Waals surface area contributed by atoms with Gasteiger partial charge < -0.3 is 15.5 Å². The first-order valence-corrected chi connectivity index (χ1v) is 11.2. The summed E-state index contributed by atoms with van der Waals surface area (Å²) in [5.41, 5.74) is 0.0111. The first kappa shape index (κ1) is 22.4. The van der Waals surface area contributed by atoms with Gasteiger partial charge in [0.2, 0.25) is 10.0 Å². The third-order valence-corrected chi connectivity index (χ3v) is 5.84. The number of hydrogen-bond acceptors (Lipinski definition) is 4. The zero-order chi connectivity index (χ0) is 20.6. The Hall–Kier alpha value is -1.94. The second kappa shape index (κ2) is 10.6. The summed E-state index contributed by atoms with van der Waals surface area (Å²) in [5, 5.41) is 6.43. The van der Waals surface area contributed by atoms with Gasteiger partial charge >= 0.3 is 0 Å². The lowest BCUT2D eigenvalue weighted by molar-refractivity contribution is 0.576. The fourth-order valence-corrected chi connectivity index (χ4v) is 3.64. The van der Waals surface area contributed by atoms with E-state index in [9.17, 15) is 17.2 Å². The molecule has 1 unspecified atom stereocenters. The Morgan fingerprint density at radius 3 is 2.64 bits per heavy atom. The molecule has 1 saturated heterocycles. The van der Waals surface area contributed by atoms with E-state index in [1.54, 1.807) is 11.8 Å². The molecule has 7 nitrogen and oxygen atoms in total. The molecule has 0 bridgehead atoms. The van der Waals surface area contributed by atoms with Crippen LogP contribution in [0, 0.1) is 11.6 Å². The molecule has 1 fully saturated rings. The van der Waals surface area contributed by atoms with Crippen LogP contribution in [-0.4, -0.2) is 58.9 Å². The fourth-order valence-electron chi connectivity index (χ4n) is 2.99. The Kier molecular flexibility index (Phi) is 8.43. The van der Waals surface area contributed by atoms with Crippen molar-refractivity contribution in [1.82, 2.24) is 15.4 Å². The van der Waals surface area contributed by atoms with E-state index in [4.69, 9.17) is 0 Å². The quantitative estimate of drug-likeness (QED) is 0.322. The normalized spacial score (nSPS) is 17.8. The van der Waals surface area contributed by atoms with Crippen LogP contribution in [-0.2, 0) is 10.0 Å². The molecule has 1 aromatic rings.